The molecule has 9 heteroatoms. The SMILES string of the molecule is Cc1nc(C(F)(F)F)oc1OC(=O)c1ccc(OCc2ccccc2)c(OCc2ccccc2)c1. The Morgan fingerprint density at radius 3 is 1.97 bits per heavy atom. The van der Waals surface area contributed by atoms with Crippen LogP contribution in [0.15, 0.2) is 83.3 Å². The van der Waals surface area contributed by atoms with E-state index in [2.05, 4.69) is 9.40 Å². The van der Waals surface area contributed by atoms with E-state index in [0.717, 1.165) is 11.1 Å². The number of carbonyl (C=O) groups is 1. The first-order valence-electron chi connectivity index (χ1n) is 10.5. The number of carbonyl (C=O) groups excluding carboxylic acids is 1. The normalized spacial score (nSPS) is 11.2. The Kier molecular flexibility index (Phi) is 7.05. The highest BCUT2D eigenvalue weighted by Crippen LogP contribution is 2.34. The molecular formula is C26H20F3NO5. The minimum atomic E-state index is -4.80. The smallest absolute Gasteiger partial charge is 0.469 e. The summed E-state index contributed by atoms with van der Waals surface area (Å²) in [4.78, 5) is 15.9. The second kappa shape index (κ2) is 10.3. The average molecular weight is 483 g/mol. The van der Waals surface area contributed by atoms with E-state index < -0.39 is 24.0 Å². The quantitative estimate of drug-likeness (QED) is 0.271. The first-order valence-corrected chi connectivity index (χ1v) is 10.5. The number of alkyl halides is 3. The van der Waals surface area contributed by atoms with Crippen molar-refractivity contribution in [2.24, 2.45) is 0 Å². The molecule has 180 valence electrons. The minimum Gasteiger partial charge on any atom is -0.485 e. The topological polar surface area (TPSA) is 70.8 Å². The fraction of sp³-hybridized carbons (Fsp3) is 0.154. The Balaban J connectivity index is 1.55. The van der Waals surface area contributed by atoms with Crippen molar-refractivity contribution in [2.45, 2.75) is 26.3 Å². The maximum atomic E-state index is 12.8. The van der Waals surface area contributed by atoms with Crippen LogP contribution in [0.3, 0.4) is 0 Å². The molecule has 4 aromatic rings. The first kappa shape index (κ1) is 23.9. The van der Waals surface area contributed by atoms with Gasteiger partial charge in [-0.1, -0.05) is 60.7 Å². The number of rotatable bonds is 8. The molecule has 0 fully saturated rings. The van der Waals surface area contributed by atoms with Gasteiger partial charge in [-0.15, -0.1) is 0 Å². The summed E-state index contributed by atoms with van der Waals surface area (Å²) in [7, 11) is 0. The van der Waals surface area contributed by atoms with Crippen LogP contribution >= 0.6 is 0 Å². The van der Waals surface area contributed by atoms with Crippen molar-refractivity contribution < 1.29 is 36.6 Å². The fourth-order valence-electron chi connectivity index (χ4n) is 3.08. The van der Waals surface area contributed by atoms with E-state index in [0.29, 0.717) is 5.75 Å². The van der Waals surface area contributed by atoms with Crippen LogP contribution in [0.1, 0.15) is 33.1 Å². The summed E-state index contributed by atoms with van der Waals surface area (Å²) in [5.41, 5.74) is 1.66. The summed E-state index contributed by atoms with van der Waals surface area (Å²) in [6.45, 7) is 1.72. The molecule has 0 atom stereocenters. The van der Waals surface area contributed by atoms with Gasteiger partial charge in [-0.05, 0) is 36.2 Å². The molecule has 0 aliphatic heterocycles. The number of aryl methyl sites for hydroxylation is 1. The summed E-state index contributed by atoms with van der Waals surface area (Å²) in [6.07, 6.45) is -4.80. The molecule has 6 nitrogen and oxygen atoms in total. The van der Waals surface area contributed by atoms with Crippen LogP contribution in [-0.2, 0) is 19.4 Å². The third kappa shape index (κ3) is 6.20. The van der Waals surface area contributed by atoms with Crippen molar-refractivity contribution in [3.8, 4) is 17.4 Å². The maximum Gasteiger partial charge on any atom is 0.469 e. The van der Waals surface area contributed by atoms with Gasteiger partial charge in [0, 0.05) is 0 Å². The molecular weight excluding hydrogens is 463 g/mol. The van der Waals surface area contributed by atoms with E-state index in [9.17, 15) is 18.0 Å². The second-order valence-corrected chi connectivity index (χ2v) is 7.49. The molecule has 0 N–H and O–H groups in total. The summed E-state index contributed by atoms with van der Waals surface area (Å²) in [6, 6.07) is 23.2. The monoisotopic (exact) mass is 483 g/mol. The van der Waals surface area contributed by atoms with Gasteiger partial charge in [0.25, 0.3) is 0 Å². The molecule has 1 heterocycles. The van der Waals surface area contributed by atoms with Crippen molar-refractivity contribution in [2.75, 3.05) is 0 Å². The van der Waals surface area contributed by atoms with E-state index in [-0.39, 0.29) is 30.2 Å². The molecule has 0 saturated heterocycles. The lowest BCUT2D eigenvalue weighted by molar-refractivity contribution is -0.157. The number of hydrogen-bond acceptors (Lipinski definition) is 6. The zero-order chi connectivity index (χ0) is 24.8. The van der Waals surface area contributed by atoms with Crippen LogP contribution in [0.25, 0.3) is 0 Å². The van der Waals surface area contributed by atoms with Crippen molar-refractivity contribution in [3.05, 3.63) is 107 Å². The van der Waals surface area contributed by atoms with Gasteiger partial charge in [0.05, 0.1) is 5.56 Å². The first-order chi connectivity index (χ1) is 16.8. The molecule has 0 radical (unpaired) electrons. The number of ether oxygens (including phenoxy) is 3. The standard InChI is InChI=1S/C26H20F3NO5/c1-17-24(35-25(30-17)26(27,28)29)34-23(31)20-12-13-21(32-15-18-8-4-2-5-9-18)22(14-20)33-16-19-10-6-3-7-11-19/h2-14H,15-16H2,1H3. The predicted molar refractivity (Wildman–Crippen MR) is 119 cm³/mol. The van der Waals surface area contributed by atoms with Crippen molar-refractivity contribution in [1.29, 1.82) is 0 Å². The number of nitrogens with zero attached hydrogens (tertiary/aromatic N) is 1. The average Bonchev–Trinajstić information content (AvgIpc) is 3.23. The second-order valence-electron chi connectivity index (χ2n) is 7.49. The largest absolute Gasteiger partial charge is 0.485 e. The van der Waals surface area contributed by atoms with E-state index in [1.54, 1.807) is 0 Å². The Hall–Kier alpha value is -4.27. The molecule has 4 rings (SSSR count). The molecule has 0 amide bonds. The van der Waals surface area contributed by atoms with E-state index in [1.165, 1.54) is 25.1 Å². The summed E-state index contributed by atoms with van der Waals surface area (Å²) < 4.78 is 59.9. The number of aromatic nitrogens is 1. The number of halogens is 3. The molecule has 35 heavy (non-hydrogen) atoms. The zero-order valence-electron chi connectivity index (χ0n) is 18.5. The Morgan fingerprint density at radius 2 is 1.43 bits per heavy atom. The summed E-state index contributed by atoms with van der Waals surface area (Å²) >= 11 is 0. The number of esters is 1. The molecule has 1 aromatic heterocycles. The van der Waals surface area contributed by atoms with E-state index in [4.69, 9.17) is 14.2 Å². The van der Waals surface area contributed by atoms with Gasteiger partial charge in [-0.2, -0.15) is 13.2 Å². The highest BCUT2D eigenvalue weighted by molar-refractivity contribution is 5.91. The van der Waals surface area contributed by atoms with Crippen molar-refractivity contribution in [1.82, 2.24) is 4.98 Å². The molecule has 3 aromatic carbocycles. The maximum absolute atomic E-state index is 12.8. The Labute approximate surface area is 198 Å². The molecule has 0 aliphatic carbocycles. The van der Waals surface area contributed by atoms with Gasteiger partial charge in [-0.25, -0.2) is 9.78 Å². The molecule has 0 saturated carbocycles. The molecule has 0 spiro atoms. The van der Waals surface area contributed by atoms with Crippen LogP contribution in [0.5, 0.6) is 17.4 Å². The highest BCUT2D eigenvalue weighted by Gasteiger charge is 2.38. The number of benzene rings is 3. The fourth-order valence-corrected chi connectivity index (χ4v) is 3.08. The van der Waals surface area contributed by atoms with Crippen molar-refractivity contribution >= 4 is 5.97 Å². The lowest BCUT2D eigenvalue weighted by atomic mass is 10.2. The van der Waals surface area contributed by atoms with Crippen LogP contribution in [0, 0.1) is 6.92 Å². The third-order valence-corrected chi connectivity index (χ3v) is 4.84. The molecule has 0 aliphatic rings. The third-order valence-electron chi connectivity index (χ3n) is 4.84. The number of hydrogen-bond donors (Lipinski definition) is 0. The van der Waals surface area contributed by atoms with Gasteiger partial charge >= 0.3 is 24.0 Å². The zero-order valence-corrected chi connectivity index (χ0v) is 18.5. The highest BCUT2D eigenvalue weighted by atomic mass is 19.4. The van der Waals surface area contributed by atoms with Gasteiger partial charge in [0.2, 0.25) is 0 Å². The Bertz CT molecular complexity index is 1290. The van der Waals surface area contributed by atoms with Gasteiger partial charge < -0.3 is 18.6 Å². The van der Waals surface area contributed by atoms with Crippen LogP contribution in [0.4, 0.5) is 13.2 Å². The Morgan fingerprint density at radius 1 is 0.857 bits per heavy atom. The number of oxazole rings is 1. The minimum absolute atomic E-state index is 0.0319. The molecule has 0 unspecified atom stereocenters. The summed E-state index contributed by atoms with van der Waals surface area (Å²) in [5, 5.41) is 0. The van der Waals surface area contributed by atoms with Gasteiger partial charge in [-0.3, -0.25) is 0 Å². The van der Waals surface area contributed by atoms with Crippen molar-refractivity contribution in [3.63, 3.8) is 0 Å². The van der Waals surface area contributed by atoms with E-state index >= 15 is 0 Å². The predicted octanol–water partition coefficient (Wildman–Crippen LogP) is 6.38. The van der Waals surface area contributed by atoms with Crippen LogP contribution in [0.2, 0.25) is 0 Å². The lowest BCUT2D eigenvalue weighted by Gasteiger charge is -2.14. The van der Waals surface area contributed by atoms with Crippen LogP contribution < -0.4 is 14.2 Å². The summed E-state index contributed by atoms with van der Waals surface area (Å²) in [5.74, 6) is -2.40. The lowest BCUT2D eigenvalue weighted by Crippen LogP contribution is -2.10. The van der Waals surface area contributed by atoms with Gasteiger partial charge in [0.15, 0.2) is 11.5 Å². The molecule has 0 bridgehead atoms. The van der Waals surface area contributed by atoms with E-state index in [1.807, 2.05) is 60.7 Å². The van der Waals surface area contributed by atoms with Crippen LogP contribution in [-0.4, -0.2) is 11.0 Å². The van der Waals surface area contributed by atoms with Gasteiger partial charge in [0.1, 0.15) is 18.9 Å².